The molecule has 0 spiro atoms. The topological polar surface area (TPSA) is 38.7 Å². The number of aliphatic hydroxyl groups excluding tert-OH is 1. The van der Waals surface area contributed by atoms with Crippen LogP contribution in [0.4, 0.5) is 0 Å². The zero-order chi connectivity index (χ0) is 9.71. The lowest BCUT2D eigenvalue weighted by Gasteiger charge is -2.07. The molecule has 0 aliphatic carbocycles. The van der Waals surface area contributed by atoms with Crippen LogP contribution in [0.5, 0.6) is 5.75 Å². The lowest BCUT2D eigenvalue weighted by molar-refractivity contribution is -0.139. The van der Waals surface area contributed by atoms with Crippen LogP contribution in [0.3, 0.4) is 0 Å². The van der Waals surface area contributed by atoms with Crippen molar-refractivity contribution in [3.63, 3.8) is 0 Å². The third-order valence-electron chi connectivity index (χ3n) is 2.75. The maximum Gasteiger partial charge on any atom is 0.213 e. The van der Waals surface area contributed by atoms with Crippen molar-refractivity contribution in [1.82, 2.24) is 0 Å². The summed E-state index contributed by atoms with van der Waals surface area (Å²) in [6, 6.07) is 7.74. The Balaban J connectivity index is 2.09. The van der Waals surface area contributed by atoms with Crippen molar-refractivity contribution >= 4 is 0 Å². The van der Waals surface area contributed by atoms with Crippen LogP contribution in [-0.4, -0.2) is 17.7 Å². The summed E-state index contributed by atoms with van der Waals surface area (Å²) in [5, 5.41) is 9.43. The Labute approximate surface area is 81.6 Å². The molecule has 3 rings (SSSR count). The fourth-order valence-corrected chi connectivity index (χ4v) is 2.03. The van der Waals surface area contributed by atoms with Gasteiger partial charge in [0.05, 0.1) is 5.92 Å². The number of benzene rings is 1. The fraction of sp³-hybridized carbons (Fsp3) is 0.273. The Hall–Kier alpha value is -1.32. The van der Waals surface area contributed by atoms with Gasteiger partial charge in [-0.1, -0.05) is 24.8 Å². The number of para-hydroxylation sites is 1. The zero-order valence-corrected chi connectivity index (χ0v) is 7.51. The standard InChI is InChI=1S/C11H10O3/c1-6-9-7-4-2-3-5-8(7)13-11(9)14-10(6)12/h2-5,9-12H,1H2. The number of fused-ring (bicyclic) bond motifs is 3. The minimum Gasteiger partial charge on any atom is -0.463 e. The summed E-state index contributed by atoms with van der Waals surface area (Å²) in [6.07, 6.45) is -1.28. The van der Waals surface area contributed by atoms with Crippen LogP contribution >= 0.6 is 0 Å². The van der Waals surface area contributed by atoms with Gasteiger partial charge in [-0.05, 0) is 11.6 Å². The van der Waals surface area contributed by atoms with Gasteiger partial charge < -0.3 is 14.6 Å². The molecule has 72 valence electrons. The molecule has 2 aliphatic heterocycles. The number of hydrogen-bond acceptors (Lipinski definition) is 3. The Morgan fingerprint density at radius 1 is 1.29 bits per heavy atom. The molecule has 1 N–H and O–H groups in total. The maximum absolute atomic E-state index is 9.43. The van der Waals surface area contributed by atoms with E-state index in [4.69, 9.17) is 9.47 Å². The highest BCUT2D eigenvalue weighted by molar-refractivity contribution is 5.46. The maximum atomic E-state index is 9.43. The van der Waals surface area contributed by atoms with E-state index in [0.29, 0.717) is 5.57 Å². The van der Waals surface area contributed by atoms with Crippen LogP contribution < -0.4 is 4.74 Å². The Bertz CT molecular complexity index is 399. The van der Waals surface area contributed by atoms with Gasteiger partial charge in [0.25, 0.3) is 0 Å². The van der Waals surface area contributed by atoms with Crippen molar-refractivity contribution < 1.29 is 14.6 Å². The Morgan fingerprint density at radius 3 is 2.93 bits per heavy atom. The summed E-state index contributed by atoms with van der Waals surface area (Å²) in [5.74, 6) is 0.816. The minimum absolute atomic E-state index is 0.0128. The molecule has 0 aromatic heterocycles. The van der Waals surface area contributed by atoms with Gasteiger partial charge in [-0.15, -0.1) is 0 Å². The molecule has 1 fully saturated rings. The van der Waals surface area contributed by atoms with Gasteiger partial charge >= 0.3 is 0 Å². The van der Waals surface area contributed by atoms with Crippen molar-refractivity contribution in [3.8, 4) is 5.75 Å². The van der Waals surface area contributed by atoms with E-state index in [1.807, 2.05) is 24.3 Å². The van der Waals surface area contributed by atoms with Gasteiger partial charge in [0, 0.05) is 5.56 Å². The first-order valence-corrected chi connectivity index (χ1v) is 4.55. The summed E-state index contributed by atoms with van der Waals surface area (Å²) < 4.78 is 10.7. The highest BCUT2D eigenvalue weighted by Crippen LogP contribution is 2.47. The number of aliphatic hydroxyl groups is 1. The third-order valence-corrected chi connectivity index (χ3v) is 2.75. The minimum atomic E-state index is -0.890. The molecule has 1 aromatic carbocycles. The second kappa shape index (κ2) is 2.59. The zero-order valence-electron chi connectivity index (χ0n) is 7.51. The molecule has 2 aliphatic rings. The molecule has 3 heteroatoms. The molecule has 3 atom stereocenters. The van der Waals surface area contributed by atoms with E-state index in [1.54, 1.807) is 0 Å². The van der Waals surface area contributed by atoms with Gasteiger partial charge in [-0.3, -0.25) is 0 Å². The highest BCUT2D eigenvalue weighted by atomic mass is 16.7. The molecule has 14 heavy (non-hydrogen) atoms. The van der Waals surface area contributed by atoms with E-state index in [2.05, 4.69) is 6.58 Å². The van der Waals surface area contributed by atoms with Crippen molar-refractivity contribution in [2.75, 3.05) is 0 Å². The first kappa shape index (κ1) is 8.03. The normalized spacial score (nSPS) is 33.8. The largest absolute Gasteiger partial charge is 0.463 e. The molecule has 0 amide bonds. The molecule has 3 unspecified atom stereocenters. The van der Waals surface area contributed by atoms with Crippen LogP contribution in [0, 0.1) is 0 Å². The highest BCUT2D eigenvalue weighted by Gasteiger charge is 2.45. The summed E-state index contributed by atoms with van der Waals surface area (Å²) in [7, 11) is 0. The fourth-order valence-electron chi connectivity index (χ4n) is 2.03. The van der Waals surface area contributed by atoms with E-state index in [1.165, 1.54) is 0 Å². The van der Waals surface area contributed by atoms with Crippen molar-refractivity contribution in [2.45, 2.75) is 18.5 Å². The first-order chi connectivity index (χ1) is 6.77. The van der Waals surface area contributed by atoms with Gasteiger partial charge in [-0.2, -0.15) is 0 Å². The second-order valence-corrected chi connectivity index (χ2v) is 3.57. The molecule has 0 bridgehead atoms. The summed E-state index contributed by atoms with van der Waals surface area (Å²) in [6.45, 7) is 3.82. The molecule has 1 aromatic rings. The summed E-state index contributed by atoms with van der Waals surface area (Å²) >= 11 is 0. The first-order valence-electron chi connectivity index (χ1n) is 4.55. The average Bonchev–Trinajstić information content (AvgIpc) is 2.65. The molecule has 2 heterocycles. The SMILES string of the molecule is C=C1C(O)OC2Oc3ccccc3C12. The van der Waals surface area contributed by atoms with E-state index in [9.17, 15) is 5.11 Å². The predicted molar refractivity (Wildman–Crippen MR) is 49.8 cm³/mol. The van der Waals surface area contributed by atoms with E-state index < -0.39 is 12.6 Å². The lowest BCUT2D eigenvalue weighted by Crippen LogP contribution is -2.15. The number of hydrogen-bond donors (Lipinski definition) is 1. The summed E-state index contributed by atoms with van der Waals surface area (Å²) in [5.41, 5.74) is 1.74. The molecule has 0 radical (unpaired) electrons. The quantitative estimate of drug-likeness (QED) is 0.628. The van der Waals surface area contributed by atoms with Crippen LogP contribution in [0.15, 0.2) is 36.4 Å². The lowest BCUT2D eigenvalue weighted by atomic mass is 9.95. The monoisotopic (exact) mass is 190 g/mol. The van der Waals surface area contributed by atoms with Crippen LogP contribution in [0.2, 0.25) is 0 Å². The van der Waals surface area contributed by atoms with Gasteiger partial charge in [-0.25, -0.2) is 0 Å². The summed E-state index contributed by atoms with van der Waals surface area (Å²) in [4.78, 5) is 0. The smallest absolute Gasteiger partial charge is 0.213 e. The Kier molecular flexibility index (Phi) is 1.48. The Morgan fingerprint density at radius 2 is 2.07 bits per heavy atom. The van der Waals surface area contributed by atoms with E-state index >= 15 is 0 Å². The third kappa shape index (κ3) is 0.882. The average molecular weight is 190 g/mol. The molecular formula is C11H10O3. The van der Waals surface area contributed by atoms with Crippen LogP contribution in [0.1, 0.15) is 11.5 Å². The van der Waals surface area contributed by atoms with E-state index in [-0.39, 0.29) is 5.92 Å². The van der Waals surface area contributed by atoms with Crippen LogP contribution in [-0.2, 0) is 4.74 Å². The van der Waals surface area contributed by atoms with Crippen molar-refractivity contribution in [2.24, 2.45) is 0 Å². The van der Waals surface area contributed by atoms with Gasteiger partial charge in [0.2, 0.25) is 6.29 Å². The molecule has 1 saturated heterocycles. The van der Waals surface area contributed by atoms with Gasteiger partial charge in [0.15, 0.2) is 6.29 Å². The molecular weight excluding hydrogens is 180 g/mol. The number of rotatable bonds is 0. The van der Waals surface area contributed by atoms with Crippen molar-refractivity contribution in [1.29, 1.82) is 0 Å². The predicted octanol–water partition coefficient (Wildman–Crippen LogP) is 1.39. The molecule has 3 nitrogen and oxygen atoms in total. The van der Waals surface area contributed by atoms with Crippen molar-refractivity contribution in [3.05, 3.63) is 42.0 Å². The molecule has 0 saturated carbocycles. The number of ether oxygens (including phenoxy) is 2. The second-order valence-electron chi connectivity index (χ2n) is 3.57. The van der Waals surface area contributed by atoms with Crippen LogP contribution in [0.25, 0.3) is 0 Å². The van der Waals surface area contributed by atoms with E-state index in [0.717, 1.165) is 11.3 Å². The van der Waals surface area contributed by atoms with Gasteiger partial charge in [0.1, 0.15) is 5.75 Å².